The van der Waals surface area contributed by atoms with Gasteiger partial charge in [0.2, 0.25) is 0 Å². The van der Waals surface area contributed by atoms with Gasteiger partial charge in [-0.15, -0.1) is 0 Å². The molecule has 0 aliphatic heterocycles. The predicted molar refractivity (Wildman–Crippen MR) is 198 cm³/mol. The van der Waals surface area contributed by atoms with Crippen LogP contribution in [0.2, 0.25) is 30.4 Å². The molecule has 0 spiro atoms. The SMILES string of the molecule is CC[Se](C#Cc1c2cc3ccccc3cc2c(C#C[Se](C(C)C)(C(C)C)C(C)C)c2cc3ccccc3cc12)(CC)CC. The van der Waals surface area contributed by atoms with Gasteiger partial charge in [-0.05, 0) is 0 Å². The summed E-state index contributed by atoms with van der Waals surface area (Å²) in [6, 6.07) is 27.1. The molecule has 0 amide bonds. The molecule has 0 bridgehead atoms. The Bertz CT molecular complexity index is 1800. The molecule has 0 aromatic heterocycles. The molecule has 0 saturated carbocycles. The maximum absolute atomic E-state index is 4.11. The Morgan fingerprint density at radius 2 is 0.791 bits per heavy atom. The summed E-state index contributed by atoms with van der Waals surface area (Å²) >= 11 is -4.04. The Hall–Kier alpha value is -2.70. The van der Waals surface area contributed by atoms with E-state index in [1.54, 1.807) is 0 Å². The summed E-state index contributed by atoms with van der Waals surface area (Å²) in [6.07, 6.45) is 0. The van der Waals surface area contributed by atoms with Crippen LogP contribution in [0.1, 0.15) is 73.4 Å². The van der Waals surface area contributed by atoms with E-state index in [2.05, 4.69) is 157 Å². The zero-order chi connectivity index (χ0) is 30.9. The van der Waals surface area contributed by atoms with Crippen LogP contribution in [0.5, 0.6) is 0 Å². The van der Waals surface area contributed by atoms with Gasteiger partial charge in [-0.3, -0.25) is 0 Å². The number of hydrogen-bond acceptors (Lipinski definition) is 0. The van der Waals surface area contributed by atoms with E-state index in [-0.39, 0.29) is 0 Å². The number of rotatable bonds is 6. The predicted octanol–water partition coefficient (Wildman–Crippen LogP) is 12.3. The van der Waals surface area contributed by atoms with Crippen molar-refractivity contribution in [3.05, 3.63) is 83.9 Å². The van der Waals surface area contributed by atoms with E-state index < -0.39 is 25.7 Å². The Morgan fingerprint density at radius 3 is 1.07 bits per heavy atom. The first-order valence-corrected chi connectivity index (χ1v) is 24.3. The van der Waals surface area contributed by atoms with Crippen molar-refractivity contribution in [2.75, 3.05) is 0 Å². The molecular formula is C41H48Se2. The van der Waals surface area contributed by atoms with Gasteiger partial charge in [-0.2, -0.15) is 0 Å². The van der Waals surface area contributed by atoms with E-state index in [4.69, 9.17) is 0 Å². The molecule has 43 heavy (non-hydrogen) atoms. The summed E-state index contributed by atoms with van der Waals surface area (Å²) < 4.78 is 0. The Labute approximate surface area is 265 Å². The van der Waals surface area contributed by atoms with Gasteiger partial charge in [0.1, 0.15) is 0 Å². The van der Waals surface area contributed by atoms with Crippen molar-refractivity contribution in [2.24, 2.45) is 0 Å². The van der Waals surface area contributed by atoms with Gasteiger partial charge < -0.3 is 0 Å². The van der Waals surface area contributed by atoms with Crippen LogP contribution in [0.25, 0.3) is 43.1 Å². The molecule has 0 aliphatic rings. The monoisotopic (exact) mass is 700 g/mol. The fourth-order valence-corrected chi connectivity index (χ4v) is 20.0. The first-order chi connectivity index (χ1) is 20.6. The second-order valence-electron chi connectivity index (χ2n) is 12.5. The van der Waals surface area contributed by atoms with E-state index in [1.165, 1.54) is 70.2 Å². The third kappa shape index (κ3) is 5.66. The van der Waals surface area contributed by atoms with E-state index in [9.17, 15) is 0 Å². The van der Waals surface area contributed by atoms with Crippen LogP contribution >= 0.6 is 0 Å². The van der Waals surface area contributed by atoms with Crippen LogP contribution in [0.15, 0.2) is 72.8 Å². The molecule has 0 atom stereocenters. The summed E-state index contributed by atoms with van der Waals surface area (Å²) in [4.78, 5) is 9.89. The van der Waals surface area contributed by atoms with Crippen molar-refractivity contribution in [1.82, 2.24) is 0 Å². The molecule has 5 aromatic carbocycles. The van der Waals surface area contributed by atoms with Crippen molar-refractivity contribution in [2.45, 2.75) is 92.7 Å². The van der Waals surface area contributed by atoms with Crippen LogP contribution in [0.4, 0.5) is 0 Å². The summed E-state index contributed by atoms with van der Waals surface area (Å²) in [5.41, 5.74) is 2.37. The molecule has 5 aromatic rings. The number of fused-ring (bicyclic) bond motifs is 4. The molecule has 0 N–H and O–H groups in total. The van der Waals surface area contributed by atoms with Crippen LogP contribution in [-0.2, 0) is 0 Å². The molecule has 0 nitrogen and oxygen atoms in total. The first-order valence-electron chi connectivity index (χ1n) is 16.0. The molecule has 0 heterocycles. The van der Waals surface area contributed by atoms with Crippen molar-refractivity contribution in [3.63, 3.8) is 0 Å². The topological polar surface area (TPSA) is 0 Å². The maximum atomic E-state index is 4.11. The number of benzene rings is 5. The zero-order valence-corrected chi connectivity index (χ0v) is 31.0. The van der Waals surface area contributed by atoms with Gasteiger partial charge in [-0.1, -0.05) is 0 Å². The second kappa shape index (κ2) is 12.7. The van der Waals surface area contributed by atoms with Crippen molar-refractivity contribution in [3.8, 4) is 21.5 Å². The minimum absolute atomic E-state index is 0.601. The third-order valence-electron chi connectivity index (χ3n) is 9.59. The molecule has 5 rings (SSSR count). The van der Waals surface area contributed by atoms with Gasteiger partial charge in [0.15, 0.2) is 0 Å². The summed E-state index contributed by atoms with van der Waals surface area (Å²) in [5, 5.41) is 13.7. The Kier molecular flexibility index (Phi) is 9.39. The van der Waals surface area contributed by atoms with E-state index in [0.717, 1.165) is 0 Å². The van der Waals surface area contributed by atoms with Crippen molar-refractivity contribution < 1.29 is 0 Å². The second-order valence-corrected chi connectivity index (χ2v) is 30.5. The summed E-state index contributed by atoms with van der Waals surface area (Å²) in [5.74, 6) is 7.85. The average Bonchev–Trinajstić information content (AvgIpc) is 3.00. The summed E-state index contributed by atoms with van der Waals surface area (Å²) in [7, 11) is 0. The van der Waals surface area contributed by atoms with E-state index >= 15 is 0 Å². The fourth-order valence-electron chi connectivity index (χ4n) is 6.98. The van der Waals surface area contributed by atoms with Crippen molar-refractivity contribution >= 4 is 68.8 Å². The molecule has 0 fully saturated rings. The minimum atomic E-state index is -2.18. The van der Waals surface area contributed by atoms with Crippen LogP contribution in [0, 0.1) is 21.5 Å². The molecule has 0 unspecified atom stereocenters. The van der Waals surface area contributed by atoms with E-state index in [1.807, 2.05) is 0 Å². The zero-order valence-electron chi connectivity index (χ0n) is 27.6. The van der Waals surface area contributed by atoms with Crippen LogP contribution < -0.4 is 0 Å². The standard InChI is InChI=1S/C41H48Se2/c1-10-42(11-2,12-3)23-21-36-38-25-32-17-13-15-19-34(32)27-40(38)37(22-24-43(29(4)5,30(6)7)31(8)9)41-28-35-20-16-14-18-33(35)26-39(36)41/h13-20,25-31H,10-12H2,1-9H3. The first kappa shape index (κ1) is 31.7. The molecule has 0 saturated heterocycles. The molecular weight excluding hydrogens is 650 g/mol. The number of hydrogen-bond donors (Lipinski definition) is 0. The van der Waals surface area contributed by atoms with Gasteiger partial charge in [0.05, 0.1) is 0 Å². The van der Waals surface area contributed by atoms with Gasteiger partial charge in [-0.25, -0.2) is 0 Å². The van der Waals surface area contributed by atoms with Crippen LogP contribution in [0.3, 0.4) is 0 Å². The van der Waals surface area contributed by atoms with Crippen LogP contribution in [-0.4, -0.2) is 25.7 Å². The Morgan fingerprint density at radius 1 is 0.488 bits per heavy atom. The van der Waals surface area contributed by atoms with Gasteiger partial charge >= 0.3 is 267 Å². The normalized spacial score (nSPS) is 13.1. The molecule has 0 radical (unpaired) electrons. The fraction of sp³-hybridized carbons (Fsp3) is 0.366. The van der Waals surface area contributed by atoms with Gasteiger partial charge in [0, 0.05) is 0 Å². The van der Waals surface area contributed by atoms with Gasteiger partial charge in [0.25, 0.3) is 0 Å². The summed E-state index contributed by atoms with van der Waals surface area (Å²) in [6.45, 7) is 21.5. The molecule has 0 aliphatic carbocycles. The molecule has 224 valence electrons. The van der Waals surface area contributed by atoms with E-state index in [0.29, 0.717) is 14.4 Å². The molecule has 2 heteroatoms. The Balaban J connectivity index is 2.01. The average molecular weight is 699 g/mol. The van der Waals surface area contributed by atoms with Crippen molar-refractivity contribution in [1.29, 1.82) is 0 Å². The quantitative estimate of drug-likeness (QED) is 0.0941. The third-order valence-corrected chi connectivity index (χ3v) is 28.4.